The highest BCUT2D eigenvalue weighted by molar-refractivity contribution is 5.89. The summed E-state index contributed by atoms with van der Waals surface area (Å²) in [5.74, 6) is -0.379. The van der Waals surface area contributed by atoms with E-state index >= 15 is 0 Å². The van der Waals surface area contributed by atoms with Crippen molar-refractivity contribution in [1.29, 1.82) is 0 Å². The van der Waals surface area contributed by atoms with Crippen LogP contribution >= 0.6 is 0 Å². The maximum Gasteiger partial charge on any atom is 0.355 e. The van der Waals surface area contributed by atoms with Crippen LogP contribution in [0.4, 0.5) is 5.69 Å². The minimum Gasteiger partial charge on any atom is -0.459 e. The fourth-order valence-corrected chi connectivity index (χ4v) is 1.77. The third-order valence-electron chi connectivity index (χ3n) is 2.73. The molecule has 6 heteroatoms. The van der Waals surface area contributed by atoms with Gasteiger partial charge in [0.25, 0.3) is 0 Å². The molecule has 0 spiro atoms. The summed E-state index contributed by atoms with van der Waals surface area (Å²) in [5.41, 5.74) is 6.74. The number of methoxy groups -OCH3 is 1. The molecule has 0 amide bonds. The fourth-order valence-electron chi connectivity index (χ4n) is 1.77. The number of esters is 1. The maximum absolute atomic E-state index is 11.9. The van der Waals surface area contributed by atoms with Crippen LogP contribution in [0.5, 0.6) is 0 Å². The van der Waals surface area contributed by atoms with Gasteiger partial charge in [-0.3, -0.25) is 0 Å². The Kier molecular flexibility index (Phi) is 7.11. The summed E-state index contributed by atoms with van der Waals surface area (Å²) < 4.78 is 17.2. The first kappa shape index (κ1) is 16.5. The summed E-state index contributed by atoms with van der Waals surface area (Å²) in [7, 11) is 1.65. The topological polar surface area (TPSA) is 75.7 Å². The number of hydrogen-bond acceptors (Lipinski definition) is 5. The van der Waals surface area contributed by atoms with Crippen LogP contribution in [0.15, 0.2) is 12.3 Å². The van der Waals surface area contributed by atoms with Gasteiger partial charge in [0.05, 0.1) is 12.3 Å². The molecule has 114 valence electrons. The number of hydrogen-bond donors (Lipinski definition) is 1. The molecule has 1 heterocycles. The first-order valence-electron chi connectivity index (χ1n) is 6.77. The van der Waals surface area contributed by atoms with Gasteiger partial charge in [0, 0.05) is 32.6 Å². The lowest BCUT2D eigenvalue weighted by Crippen LogP contribution is -2.16. The number of nitrogens with two attached hydrogens (primary N) is 1. The van der Waals surface area contributed by atoms with Gasteiger partial charge in [0.2, 0.25) is 0 Å². The molecule has 0 unspecified atom stereocenters. The van der Waals surface area contributed by atoms with Crippen molar-refractivity contribution in [3.05, 3.63) is 18.0 Å². The lowest BCUT2D eigenvalue weighted by atomic mass is 10.3. The maximum atomic E-state index is 11.9. The monoisotopic (exact) mass is 284 g/mol. The van der Waals surface area contributed by atoms with E-state index in [2.05, 4.69) is 0 Å². The van der Waals surface area contributed by atoms with Crippen molar-refractivity contribution in [2.75, 3.05) is 39.3 Å². The molecule has 0 fully saturated rings. The minimum atomic E-state index is -0.379. The van der Waals surface area contributed by atoms with Gasteiger partial charge >= 0.3 is 5.97 Å². The number of carbonyl (C=O) groups excluding carboxylic acids is 1. The number of rotatable bonds is 9. The molecule has 1 aromatic rings. The Morgan fingerprint density at radius 3 is 2.70 bits per heavy atom. The number of nitrogens with zero attached hydrogens (tertiary/aromatic N) is 1. The SMILES string of the molecule is COCCCOCCOC(=O)c1cc(N)cn1C(C)C. The molecule has 0 saturated heterocycles. The van der Waals surface area contributed by atoms with Crippen molar-refractivity contribution in [2.24, 2.45) is 0 Å². The molecule has 6 nitrogen and oxygen atoms in total. The molecule has 0 bridgehead atoms. The molecule has 0 aromatic carbocycles. The molecular formula is C14H24N2O4. The molecule has 1 aromatic heterocycles. The zero-order valence-electron chi connectivity index (χ0n) is 12.4. The molecule has 2 N–H and O–H groups in total. The van der Waals surface area contributed by atoms with Gasteiger partial charge in [-0.15, -0.1) is 0 Å². The van der Waals surface area contributed by atoms with E-state index in [-0.39, 0.29) is 18.6 Å². The predicted octanol–water partition coefficient (Wildman–Crippen LogP) is 1.86. The number of ether oxygens (including phenoxy) is 3. The highest BCUT2D eigenvalue weighted by Gasteiger charge is 2.15. The van der Waals surface area contributed by atoms with Crippen molar-refractivity contribution in [3.63, 3.8) is 0 Å². The summed E-state index contributed by atoms with van der Waals surface area (Å²) in [6.45, 7) is 5.84. The number of nitrogen functional groups attached to an aromatic ring is 1. The third-order valence-corrected chi connectivity index (χ3v) is 2.73. The van der Waals surface area contributed by atoms with E-state index in [1.807, 2.05) is 13.8 Å². The van der Waals surface area contributed by atoms with E-state index in [4.69, 9.17) is 19.9 Å². The Morgan fingerprint density at radius 1 is 1.30 bits per heavy atom. The van der Waals surface area contributed by atoms with Gasteiger partial charge < -0.3 is 24.5 Å². The van der Waals surface area contributed by atoms with Crippen LogP contribution in [0.3, 0.4) is 0 Å². The van der Waals surface area contributed by atoms with Crippen molar-refractivity contribution in [3.8, 4) is 0 Å². The van der Waals surface area contributed by atoms with E-state index in [0.717, 1.165) is 6.42 Å². The van der Waals surface area contributed by atoms with E-state index in [1.54, 1.807) is 23.9 Å². The largest absolute Gasteiger partial charge is 0.459 e. The smallest absolute Gasteiger partial charge is 0.355 e. The minimum absolute atomic E-state index is 0.153. The Labute approximate surface area is 119 Å². The standard InChI is InChI=1S/C14H24N2O4/c1-11(2)16-10-12(15)9-13(16)14(17)20-8-7-19-6-4-5-18-3/h9-11H,4-8,15H2,1-3H3. The average Bonchev–Trinajstić information content (AvgIpc) is 2.80. The van der Waals surface area contributed by atoms with Crippen LogP contribution < -0.4 is 5.73 Å². The van der Waals surface area contributed by atoms with E-state index < -0.39 is 0 Å². The summed E-state index contributed by atoms with van der Waals surface area (Å²) in [6, 6.07) is 1.78. The lowest BCUT2D eigenvalue weighted by Gasteiger charge is -2.12. The van der Waals surface area contributed by atoms with Gasteiger partial charge in [-0.05, 0) is 26.3 Å². The average molecular weight is 284 g/mol. The van der Waals surface area contributed by atoms with Crippen LogP contribution in [0, 0.1) is 0 Å². The molecule has 20 heavy (non-hydrogen) atoms. The summed E-state index contributed by atoms with van der Waals surface area (Å²) >= 11 is 0. The van der Waals surface area contributed by atoms with Gasteiger partial charge in [-0.25, -0.2) is 4.79 Å². The molecule has 0 aliphatic rings. The van der Waals surface area contributed by atoms with Crippen LogP contribution in [0.25, 0.3) is 0 Å². The number of anilines is 1. The Balaban J connectivity index is 2.32. The molecule has 0 saturated carbocycles. The Morgan fingerprint density at radius 2 is 2.05 bits per heavy atom. The quantitative estimate of drug-likeness (QED) is 0.553. The first-order valence-corrected chi connectivity index (χ1v) is 6.77. The van der Waals surface area contributed by atoms with Crippen molar-refractivity contribution in [2.45, 2.75) is 26.3 Å². The summed E-state index contributed by atoms with van der Waals surface area (Å²) in [6.07, 6.45) is 2.57. The summed E-state index contributed by atoms with van der Waals surface area (Å²) in [4.78, 5) is 11.9. The van der Waals surface area contributed by atoms with E-state index in [1.165, 1.54) is 0 Å². The predicted molar refractivity (Wildman–Crippen MR) is 76.8 cm³/mol. The van der Waals surface area contributed by atoms with Crippen LogP contribution in [0.2, 0.25) is 0 Å². The number of aromatic nitrogens is 1. The molecule has 1 rings (SSSR count). The van der Waals surface area contributed by atoms with Crippen molar-refractivity contribution < 1.29 is 19.0 Å². The second-order valence-electron chi connectivity index (χ2n) is 4.75. The normalized spacial score (nSPS) is 11.0. The highest BCUT2D eigenvalue weighted by Crippen LogP contribution is 2.17. The summed E-state index contributed by atoms with van der Waals surface area (Å²) in [5, 5.41) is 0. The molecular weight excluding hydrogens is 260 g/mol. The number of carbonyl (C=O) groups is 1. The molecule has 0 atom stereocenters. The third kappa shape index (κ3) is 5.22. The van der Waals surface area contributed by atoms with E-state index in [9.17, 15) is 4.79 Å². The van der Waals surface area contributed by atoms with Crippen LogP contribution in [0.1, 0.15) is 36.8 Å². The van der Waals surface area contributed by atoms with Crippen LogP contribution in [-0.4, -0.2) is 44.1 Å². The second-order valence-corrected chi connectivity index (χ2v) is 4.75. The Bertz CT molecular complexity index is 415. The zero-order valence-corrected chi connectivity index (χ0v) is 12.4. The van der Waals surface area contributed by atoms with Gasteiger partial charge in [0.15, 0.2) is 0 Å². The van der Waals surface area contributed by atoms with Gasteiger partial charge in [-0.1, -0.05) is 0 Å². The Hall–Kier alpha value is -1.53. The van der Waals surface area contributed by atoms with E-state index in [0.29, 0.717) is 31.2 Å². The second kappa shape index (κ2) is 8.60. The molecule has 0 aliphatic heterocycles. The molecule has 0 aliphatic carbocycles. The van der Waals surface area contributed by atoms with Gasteiger partial charge in [0.1, 0.15) is 12.3 Å². The van der Waals surface area contributed by atoms with Crippen molar-refractivity contribution >= 4 is 11.7 Å². The first-order chi connectivity index (χ1) is 9.56. The van der Waals surface area contributed by atoms with Gasteiger partial charge in [-0.2, -0.15) is 0 Å². The van der Waals surface area contributed by atoms with Crippen LogP contribution in [-0.2, 0) is 14.2 Å². The lowest BCUT2D eigenvalue weighted by molar-refractivity contribution is 0.0277. The van der Waals surface area contributed by atoms with Crippen molar-refractivity contribution in [1.82, 2.24) is 4.57 Å². The fraction of sp³-hybridized carbons (Fsp3) is 0.643. The highest BCUT2D eigenvalue weighted by atomic mass is 16.6. The zero-order chi connectivity index (χ0) is 15.0. The molecule has 0 radical (unpaired) electrons.